The summed E-state index contributed by atoms with van der Waals surface area (Å²) in [7, 11) is 0. The van der Waals surface area contributed by atoms with Gasteiger partial charge in [-0.25, -0.2) is 9.59 Å². The van der Waals surface area contributed by atoms with Gasteiger partial charge >= 0.3 is 12.1 Å². The molecular formula is C38H61N7O9. The van der Waals surface area contributed by atoms with Crippen molar-refractivity contribution in [3.63, 3.8) is 0 Å². The number of nitrogens with zero attached hydrogens (tertiary/aromatic N) is 2. The van der Waals surface area contributed by atoms with Crippen molar-refractivity contribution in [3.8, 4) is 0 Å². The highest BCUT2D eigenvalue weighted by Gasteiger charge is 2.46. The lowest BCUT2D eigenvalue weighted by atomic mass is 9.80. The van der Waals surface area contributed by atoms with Crippen molar-refractivity contribution in [3.05, 3.63) is 12.7 Å². The highest BCUT2D eigenvalue weighted by atomic mass is 16.5. The summed E-state index contributed by atoms with van der Waals surface area (Å²) in [6, 6.07) is -4.73. The zero-order chi connectivity index (χ0) is 40.4. The number of ether oxygens (including phenoxy) is 1. The summed E-state index contributed by atoms with van der Waals surface area (Å²) in [4.78, 5) is 109. The number of likely N-dealkylation sites (tertiary alicyclic amines) is 1. The Hall–Kier alpha value is -4.50. The van der Waals surface area contributed by atoms with E-state index in [1.807, 2.05) is 48.5 Å². The topological polar surface area (TPSA) is 212 Å². The third-order valence-electron chi connectivity index (χ3n) is 10.4. The molecule has 5 atom stereocenters. The Morgan fingerprint density at radius 1 is 1.00 bits per heavy atom. The lowest BCUT2D eigenvalue weighted by Gasteiger charge is -2.40. The average molecular weight is 760 g/mol. The van der Waals surface area contributed by atoms with E-state index in [4.69, 9.17) is 4.74 Å². The van der Waals surface area contributed by atoms with E-state index >= 15 is 0 Å². The quantitative estimate of drug-likeness (QED) is 0.132. The first kappa shape index (κ1) is 43.9. The van der Waals surface area contributed by atoms with Crippen LogP contribution in [0, 0.1) is 22.7 Å². The van der Waals surface area contributed by atoms with E-state index in [0.29, 0.717) is 19.3 Å². The zero-order valence-corrected chi connectivity index (χ0v) is 33.0. The van der Waals surface area contributed by atoms with Crippen molar-refractivity contribution < 1.29 is 43.1 Å². The number of imide groups is 1. The number of rotatable bonds is 9. The Labute approximate surface area is 318 Å². The van der Waals surface area contributed by atoms with Crippen LogP contribution >= 0.6 is 0 Å². The van der Waals surface area contributed by atoms with Gasteiger partial charge in [0, 0.05) is 39.0 Å². The highest BCUT2D eigenvalue weighted by Crippen LogP contribution is 2.34. The second-order valence-corrected chi connectivity index (χ2v) is 16.8. The number of nitrogens with one attached hydrogen (secondary N) is 5. The van der Waals surface area contributed by atoms with Gasteiger partial charge in [-0.1, -0.05) is 54.5 Å². The molecular weight excluding hydrogens is 698 g/mol. The molecule has 3 fully saturated rings. The number of cyclic esters (lactones) is 1. The van der Waals surface area contributed by atoms with Crippen LogP contribution in [0.3, 0.4) is 0 Å². The van der Waals surface area contributed by atoms with Crippen LogP contribution in [-0.2, 0) is 33.5 Å². The summed E-state index contributed by atoms with van der Waals surface area (Å²) in [5, 5.41) is 13.5. The minimum Gasteiger partial charge on any atom is -0.450 e. The van der Waals surface area contributed by atoms with Crippen LogP contribution in [0.4, 0.5) is 9.59 Å². The van der Waals surface area contributed by atoms with E-state index in [2.05, 4.69) is 33.2 Å². The molecule has 0 aromatic carbocycles. The number of hydrogen-bond donors (Lipinski definition) is 5. The number of ketones is 1. The number of hydrogen-bond acceptors (Lipinski definition) is 9. The van der Waals surface area contributed by atoms with Crippen LogP contribution < -0.4 is 26.6 Å². The Morgan fingerprint density at radius 2 is 1.67 bits per heavy atom. The molecule has 3 heterocycles. The van der Waals surface area contributed by atoms with Crippen LogP contribution in [0.1, 0.15) is 99.8 Å². The van der Waals surface area contributed by atoms with Crippen molar-refractivity contribution >= 4 is 47.4 Å². The Bertz CT molecular complexity index is 1420. The fourth-order valence-corrected chi connectivity index (χ4v) is 7.15. The molecule has 0 bridgehead atoms. The summed E-state index contributed by atoms with van der Waals surface area (Å²) in [5.74, 6) is -3.79. The Kier molecular flexibility index (Phi) is 15.6. The van der Waals surface area contributed by atoms with Crippen molar-refractivity contribution in [1.29, 1.82) is 0 Å². The van der Waals surface area contributed by atoms with E-state index < -0.39 is 70.6 Å². The third-order valence-corrected chi connectivity index (χ3v) is 10.4. The van der Waals surface area contributed by atoms with E-state index in [-0.39, 0.29) is 88.5 Å². The van der Waals surface area contributed by atoms with Gasteiger partial charge in [-0.15, -0.1) is 6.58 Å². The second-order valence-electron chi connectivity index (χ2n) is 16.8. The van der Waals surface area contributed by atoms with Crippen molar-refractivity contribution in [1.82, 2.24) is 36.4 Å². The van der Waals surface area contributed by atoms with E-state index in [1.54, 1.807) is 0 Å². The molecule has 302 valence electrons. The lowest BCUT2D eigenvalue weighted by Crippen LogP contribution is -2.60. The van der Waals surface area contributed by atoms with Gasteiger partial charge in [-0.2, -0.15) is 0 Å². The molecule has 3 saturated heterocycles. The summed E-state index contributed by atoms with van der Waals surface area (Å²) in [5.41, 5.74) is -1.06. The number of urea groups is 1. The maximum absolute atomic E-state index is 14.4. The summed E-state index contributed by atoms with van der Waals surface area (Å²) >= 11 is 0. The highest BCUT2D eigenvalue weighted by molar-refractivity contribution is 6.38. The normalized spacial score (nSPS) is 25.4. The SMILES string of the molecule is C=CCNC(=O)C(=O)[C@@H]1CCCCNC(=O)OCCC[C@H](NC(=O)N[C@H](CN2C(=O)CC(C)(C)CC2=O)C(C)(C)C)C(=O)N2CCC(C(C)C)[C@H]2C(=O)N1. The average Bonchev–Trinajstić information content (AvgIpc) is 3.53. The predicted octanol–water partition coefficient (Wildman–Crippen LogP) is 2.16. The maximum Gasteiger partial charge on any atom is 0.407 e. The van der Waals surface area contributed by atoms with E-state index in [9.17, 15) is 38.4 Å². The first-order valence-corrected chi connectivity index (χ1v) is 19.1. The number of piperidine rings is 1. The number of fused-ring (bicyclic) bond motifs is 1. The van der Waals surface area contributed by atoms with Crippen molar-refractivity contribution in [2.75, 3.05) is 32.8 Å². The van der Waals surface area contributed by atoms with E-state index in [0.717, 1.165) is 0 Å². The second kappa shape index (κ2) is 19.2. The largest absolute Gasteiger partial charge is 0.450 e. The van der Waals surface area contributed by atoms with Crippen LogP contribution in [-0.4, -0.2) is 114 Å². The number of alkyl carbamates (subject to hydrolysis) is 1. The molecule has 3 aliphatic rings. The van der Waals surface area contributed by atoms with Crippen LogP contribution in [0.15, 0.2) is 12.7 Å². The molecule has 16 nitrogen and oxygen atoms in total. The Balaban J connectivity index is 1.90. The van der Waals surface area contributed by atoms with Gasteiger partial charge in [0.25, 0.3) is 5.91 Å². The molecule has 0 aromatic heterocycles. The van der Waals surface area contributed by atoms with Gasteiger partial charge in [0.15, 0.2) is 0 Å². The predicted molar refractivity (Wildman–Crippen MR) is 199 cm³/mol. The first-order chi connectivity index (χ1) is 25.2. The van der Waals surface area contributed by atoms with Gasteiger partial charge in [-0.3, -0.25) is 33.7 Å². The molecule has 0 radical (unpaired) electrons. The molecule has 16 heteroatoms. The molecule has 8 amide bonds. The van der Waals surface area contributed by atoms with Crippen molar-refractivity contribution in [2.24, 2.45) is 22.7 Å². The van der Waals surface area contributed by atoms with Crippen molar-refractivity contribution in [2.45, 2.75) is 124 Å². The number of carbonyl (C=O) groups is 8. The van der Waals surface area contributed by atoms with Gasteiger partial charge in [-0.05, 0) is 61.2 Å². The number of Topliss-reactive ketones (excluding diaryl/α,β-unsaturated/α-hetero) is 1. The molecule has 54 heavy (non-hydrogen) atoms. The first-order valence-electron chi connectivity index (χ1n) is 19.1. The molecule has 1 unspecified atom stereocenters. The lowest BCUT2D eigenvalue weighted by molar-refractivity contribution is -0.153. The molecule has 0 saturated carbocycles. The molecule has 3 rings (SSSR count). The Morgan fingerprint density at radius 3 is 2.28 bits per heavy atom. The molecule has 0 spiro atoms. The molecule has 0 aliphatic carbocycles. The van der Waals surface area contributed by atoms with Crippen LogP contribution in [0.5, 0.6) is 0 Å². The summed E-state index contributed by atoms with van der Waals surface area (Å²) < 4.78 is 5.31. The fourth-order valence-electron chi connectivity index (χ4n) is 7.15. The van der Waals surface area contributed by atoms with Gasteiger partial charge < -0.3 is 36.2 Å². The van der Waals surface area contributed by atoms with Gasteiger partial charge in [0.2, 0.25) is 29.4 Å². The van der Waals surface area contributed by atoms with Crippen LogP contribution in [0.25, 0.3) is 0 Å². The standard InChI is InChI=1S/C38H61N7O9/c1-9-16-39-33(50)31(48)25-13-10-11-17-40-36(53)54-19-12-14-26(34(51)44-18-15-24(23(2)3)30(44)32(49)41-25)42-35(52)43-27(37(4,5)6)22-45-28(46)20-38(7,8)21-29(45)47/h9,23-27,30H,1,10-22H2,2-8H3,(H,39,50)(H,40,53)(H,41,49)(H2,42,43,52)/t24?,25-,26-,27+,30-/m0/s1. The van der Waals surface area contributed by atoms with Gasteiger partial charge in [0.1, 0.15) is 12.1 Å². The molecule has 3 aliphatic heterocycles. The minimum atomic E-state index is -1.19. The smallest absolute Gasteiger partial charge is 0.407 e. The molecule has 0 aromatic rings. The van der Waals surface area contributed by atoms with Gasteiger partial charge in [0.05, 0.1) is 18.7 Å². The third kappa shape index (κ3) is 12.3. The number of carbonyl (C=O) groups excluding carboxylic acids is 8. The summed E-state index contributed by atoms with van der Waals surface area (Å²) in [6.07, 6.45) is 2.83. The van der Waals surface area contributed by atoms with E-state index in [1.165, 1.54) is 15.9 Å². The monoisotopic (exact) mass is 759 g/mol. The summed E-state index contributed by atoms with van der Waals surface area (Å²) in [6.45, 7) is 17.1. The fraction of sp³-hybridized carbons (Fsp3) is 0.737. The zero-order valence-electron chi connectivity index (χ0n) is 33.0. The number of amides is 8. The van der Waals surface area contributed by atoms with Crippen LogP contribution in [0.2, 0.25) is 0 Å². The maximum atomic E-state index is 14.4. The molecule has 5 N–H and O–H groups in total. The minimum absolute atomic E-state index is 0.0313.